The van der Waals surface area contributed by atoms with Gasteiger partial charge in [0.2, 0.25) is 15.7 Å². The van der Waals surface area contributed by atoms with Crippen molar-refractivity contribution in [3.05, 3.63) is 75.7 Å². The van der Waals surface area contributed by atoms with Crippen molar-refractivity contribution < 1.29 is 13.2 Å². The summed E-state index contributed by atoms with van der Waals surface area (Å²) < 4.78 is 25.5. The molecule has 9 heteroatoms. The summed E-state index contributed by atoms with van der Waals surface area (Å²) in [5.74, 6) is -0.242. The van der Waals surface area contributed by atoms with Gasteiger partial charge in [0.25, 0.3) is 5.56 Å². The molecule has 3 rings (SSSR count). The number of hydrogen-bond acceptors (Lipinski definition) is 6. The first-order valence-electron chi connectivity index (χ1n) is 9.64. The zero-order valence-corrected chi connectivity index (χ0v) is 19.1. The van der Waals surface area contributed by atoms with Crippen LogP contribution in [-0.4, -0.2) is 30.0 Å². The molecule has 0 aliphatic carbocycles. The Balaban J connectivity index is 1.70. The third-order valence-corrected chi connectivity index (χ3v) is 7.32. The van der Waals surface area contributed by atoms with E-state index >= 15 is 0 Å². The number of sulfone groups is 1. The first-order chi connectivity index (χ1) is 14.7. The number of carbonyl (C=O) groups is 1. The molecule has 0 saturated heterocycles. The van der Waals surface area contributed by atoms with Crippen LogP contribution in [0.5, 0.6) is 0 Å². The lowest BCUT2D eigenvalue weighted by atomic mass is 10.1. The molecule has 0 fully saturated rings. The van der Waals surface area contributed by atoms with E-state index in [0.717, 1.165) is 41.1 Å². The summed E-state index contributed by atoms with van der Waals surface area (Å²) in [6, 6.07) is 12.1. The topological polar surface area (TPSA) is 109 Å². The van der Waals surface area contributed by atoms with Gasteiger partial charge in [0.15, 0.2) is 10.1 Å². The minimum atomic E-state index is -3.99. The third-order valence-electron chi connectivity index (χ3n) is 4.67. The lowest BCUT2D eigenvalue weighted by Crippen LogP contribution is -2.20. The van der Waals surface area contributed by atoms with Crippen LogP contribution < -0.4 is 10.9 Å². The van der Waals surface area contributed by atoms with E-state index in [1.165, 1.54) is 12.1 Å². The van der Waals surface area contributed by atoms with Crippen molar-refractivity contribution in [1.29, 1.82) is 0 Å². The number of anilines is 1. The van der Waals surface area contributed by atoms with Crippen molar-refractivity contribution >= 4 is 33.2 Å². The first kappa shape index (κ1) is 22.8. The Morgan fingerprint density at radius 3 is 2.45 bits per heavy atom. The predicted octanol–water partition coefficient (Wildman–Crippen LogP) is 3.51. The number of amides is 1. The van der Waals surface area contributed by atoms with Gasteiger partial charge in [0.1, 0.15) is 0 Å². The van der Waals surface area contributed by atoms with Crippen LogP contribution in [0.3, 0.4) is 0 Å². The molecular formula is C22H23N3O4S2. The number of aromatic nitrogens is 2. The predicted molar refractivity (Wildman–Crippen MR) is 121 cm³/mol. The SMILES string of the molecule is CCc1ccc(S(=O)(=O)c2cnc(SCC(=O)Nc3ccc(C)cc3C)[nH]c2=O)cc1. The molecule has 1 amide bonds. The molecule has 3 aromatic rings. The fraction of sp³-hybridized carbons (Fsp3) is 0.227. The highest BCUT2D eigenvalue weighted by molar-refractivity contribution is 7.99. The largest absolute Gasteiger partial charge is 0.325 e. The van der Waals surface area contributed by atoms with E-state index < -0.39 is 20.3 Å². The van der Waals surface area contributed by atoms with Crippen LogP contribution in [0.15, 0.2) is 68.4 Å². The van der Waals surface area contributed by atoms with E-state index in [-0.39, 0.29) is 21.7 Å². The van der Waals surface area contributed by atoms with Crippen molar-refractivity contribution in [2.45, 2.75) is 42.1 Å². The van der Waals surface area contributed by atoms with Crippen LogP contribution in [0.1, 0.15) is 23.6 Å². The molecule has 2 aromatic carbocycles. The second kappa shape index (κ2) is 9.49. The van der Waals surface area contributed by atoms with Crippen LogP contribution in [0.2, 0.25) is 0 Å². The van der Waals surface area contributed by atoms with Crippen molar-refractivity contribution in [3.63, 3.8) is 0 Å². The van der Waals surface area contributed by atoms with E-state index in [1.807, 2.05) is 39.0 Å². The number of carbonyl (C=O) groups excluding carboxylic acids is 1. The Hall–Kier alpha value is -2.91. The van der Waals surface area contributed by atoms with Gasteiger partial charge in [-0.2, -0.15) is 0 Å². The van der Waals surface area contributed by atoms with E-state index in [1.54, 1.807) is 12.1 Å². The third kappa shape index (κ3) is 5.42. The number of nitrogens with one attached hydrogen (secondary N) is 2. The van der Waals surface area contributed by atoms with Gasteiger partial charge in [-0.25, -0.2) is 13.4 Å². The van der Waals surface area contributed by atoms with Crippen LogP contribution in [0, 0.1) is 13.8 Å². The Bertz CT molecular complexity index is 1270. The maximum absolute atomic E-state index is 12.8. The van der Waals surface area contributed by atoms with E-state index in [0.29, 0.717) is 5.69 Å². The van der Waals surface area contributed by atoms with Gasteiger partial charge in [-0.15, -0.1) is 0 Å². The molecule has 1 heterocycles. The molecule has 0 spiro atoms. The van der Waals surface area contributed by atoms with Crippen molar-refractivity contribution in [3.8, 4) is 0 Å². The van der Waals surface area contributed by atoms with Crippen LogP contribution in [-0.2, 0) is 21.1 Å². The van der Waals surface area contributed by atoms with Crippen LogP contribution in [0.25, 0.3) is 0 Å². The molecule has 0 radical (unpaired) electrons. The van der Waals surface area contributed by atoms with Crippen molar-refractivity contribution in [2.24, 2.45) is 0 Å². The summed E-state index contributed by atoms with van der Waals surface area (Å²) in [6.45, 7) is 5.85. The Morgan fingerprint density at radius 1 is 1.13 bits per heavy atom. The lowest BCUT2D eigenvalue weighted by Gasteiger charge is -2.09. The molecule has 31 heavy (non-hydrogen) atoms. The number of H-pyrrole nitrogens is 1. The van der Waals surface area contributed by atoms with Gasteiger partial charge in [0, 0.05) is 5.69 Å². The highest BCUT2D eigenvalue weighted by Crippen LogP contribution is 2.20. The zero-order chi connectivity index (χ0) is 22.6. The molecule has 2 N–H and O–H groups in total. The fourth-order valence-electron chi connectivity index (χ4n) is 2.94. The Labute approximate surface area is 185 Å². The van der Waals surface area contributed by atoms with Gasteiger partial charge >= 0.3 is 0 Å². The van der Waals surface area contributed by atoms with E-state index in [4.69, 9.17) is 0 Å². The fourth-order valence-corrected chi connectivity index (χ4v) is 4.80. The first-order valence-corrected chi connectivity index (χ1v) is 12.1. The molecule has 0 aliphatic rings. The molecular weight excluding hydrogens is 434 g/mol. The lowest BCUT2D eigenvalue weighted by molar-refractivity contribution is -0.113. The second-order valence-corrected chi connectivity index (χ2v) is 9.92. The van der Waals surface area contributed by atoms with Crippen molar-refractivity contribution in [2.75, 3.05) is 11.1 Å². The summed E-state index contributed by atoms with van der Waals surface area (Å²) >= 11 is 1.02. The summed E-state index contributed by atoms with van der Waals surface area (Å²) in [4.78, 5) is 30.7. The van der Waals surface area contributed by atoms with Gasteiger partial charge < -0.3 is 10.3 Å². The average molecular weight is 458 g/mol. The van der Waals surface area contributed by atoms with Gasteiger partial charge in [-0.3, -0.25) is 9.59 Å². The number of nitrogens with zero attached hydrogens (tertiary/aromatic N) is 1. The number of hydrogen-bond donors (Lipinski definition) is 2. The molecule has 0 bridgehead atoms. The highest BCUT2D eigenvalue weighted by Gasteiger charge is 2.22. The summed E-state index contributed by atoms with van der Waals surface area (Å²) in [5.41, 5.74) is 2.99. The number of thioether (sulfide) groups is 1. The number of rotatable bonds is 7. The maximum Gasteiger partial charge on any atom is 0.270 e. The Kier molecular flexibility index (Phi) is 6.97. The highest BCUT2D eigenvalue weighted by atomic mass is 32.2. The summed E-state index contributed by atoms with van der Waals surface area (Å²) in [7, 11) is -3.99. The van der Waals surface area contributed by atoms with Crippen LogP contribution in [0.4, 0.5) is 5.69 Å². The summed E-state index contributed by atoms with van der Waals surface area (Å²) in [6.07, 6.45) is 1.82. The molecule has 162 valence electrons. The number of aromatic amines is 1. The van der Waals surface area contributed by atoms with Crippen LogP contribution >= 0.6 is 11.8 Å². The quantitative estimate of drug-likeness (QED) is 0.415. The van der Waals surface area contributed by atoms with Crippen molar-refractivity contribution in [1.82, 2.24) is 9.97 Å². The minimum absolute atomic E-state index is 0.0147. The second-order valence-electron chi connectivity index (χ2n) is 7.04. The van der Waals surface area contributed by atoms with Gasteiger partial charge in [-0.1, -0.05) is 48.5 Å². The number of aryl methyl sites for hydroxylation is 3. The maximum atomic E-state index is 12.8. The molecule has 1 aromatic heterocycles. The number of benzene rings is 2. The normalized spacial score (nSPS) is 11.3. The minimum Gasteiger partial charge on any atom is -0.325 e. The zero-order valence-electron chi connectivity index (χ0n) is 17.4. The van der Waals surface area contributed by atoms with E-state index in [2.05, 4.69) is 15.3 Å². The molecule has 0 saturated carbocycles. The molecule has 0 aliphatic heterocycles. The van der Waals surface area contributed by atoms with Gasteiger partial charge in [-0.05, 0) is 49.6 Å². The molecule has 7 nitrogen and oxygen atoms in total. The summed E-state index contributed by atoms with van der Waals surface area (Å²) in [5, 5.41) is 2.98. The average Bonchev–Trinajstić information content (AvgIpc) is 2.74. The standard InChI is InChI=1S/C22H23N3O4S2/c1-4-16-6-8-17(9-7-16)31(28,29)19-12-23-22(25-21(19)27)30-13-20(26)24-18-10-5-14(2)11-15(18)3/h5-12H,4,13H2,1-3H3,(H,24,26)(H,23,25,27). The Morgan fingerprint density at radius 2 is 1.84 bits per heavy atom. The molecule has 0 atom stereocenters. The molecule has 0 unspecified atom stereocenters. The van der Waals surface area contributed by atoms with E-state index in [9.17, 15) is 18.0 Å². The van der Waals surface area contributed by atoms with Gasteiger partial charge in [0.05, 0.1) is 16.8 Å². The monoisotopic (exact) mass is 457 g/mol. The smallest absolute Gasteiger partial charge is 0.270 e.